The predicted molar refractivity (Wildman–Crippen MR) is 101 cm³/mol. The van der Waals surface area contributed by atoms with Crippen LogP contribution in [0, 0.1) is 13.8 Å². The van der Waals surface area contributed by atoms with Gasteiger partial charge in [0.15, 0.2) is 5.76 Å². The van der Waals surface area contributed by atoms with Gasteiger partial charge in [0.25, 0.3) is 0 Å². The molecule has 0 radical (unpaired) electrons. The SMILES string of the molecule is Cc1noc(C)c1S(=O)(=O)N1CCN(C(=O)CSc2ncccc2Cl)CC1. The number of thioether (sulfide) groups is 1. The first-order valence-electron chi connectivity index (χ1n) is 8.25. The topological polar surface area (TPSA) is 96.6 Å². The standard InChI is InChI=1S/C16H19ClN4O4S2/c1-11-15(12(2)25-19-11)27(23,24)21-8-6-20(7-9-21)14(22)10-26-16-13(17)4-3-5-18-16/h3-5H,6-10H2,1-2H3. The molecule has 1 aliphatic rings. The summed E-state index contributed by atoms with van der Waals surface area (Å²) in [7, 11) is -3.68. The van der Waals surface area contributed by atoms with Crippen molar-refractivity contribution in [3.63, 3.8) is 0 Å². The molecular weight excluding hydrogens is 412 g/mol. The zero-order chi connectivity index (χ0) is 19.6. The van der Waals surface area contributed by atoms with Crippen molar-refractivity contribution < 1.29 is 17.7 Å². The molecule has 0 bridgehead atoms. The molecule has 1 saturated heterocycles. The maximum atomic E-state index is 12.8. The lowest BCUT2D eigenvalue weighted by molar-refractivity contribution is -0.129. The third-order valence-corrected chi connectivity index (χ3v) is 7.77. The van der Waals surface area contributed by atoms with E-state index in [1.807, 2.05) is 0 Å². The van der Waals surface area contributed by atoms with Crippen LogP contribution in [0.15, 0.2) is 32.8 Å². The van der Waals surface area contributed by atoms with Gasteiger partial charge in [0.05, 0.1) is 10.8 Å². The lowest BCUT2D eigenvalue weighted by atomic mass is 10.3. The largest absolute Gasteiger partial charge is 0.360 e. The second kappa shape index (κ2) is 8.17. The minimum Gasteiger partial charge on any atom is -0.360 e. The van der Waals surface area contributed by atoms with E-state index in [4.69, 9.17) is 16.1 Å². The van der Waals surface area contributed by atoms with Gasteiger partial charge < -0.3 is 9.42 Å². The van der Waals surface area contributed by atoms with Gasteiger partial charge in [-0.15, -0.1) is 0 Å². The molecule has 8 nitrogen and oxygen atoms in total. The summed E-state index contributed by atoms with van der Waals surface area (Å²) in [5.74, 6) is 0.402. The Hall–Kier alpha value is -1.62. The van der Waals surface area contributed by atoms with Crippen LogP contribution in [0.1, 0.15) is 11.5 Å². The number of aromatic nitrogens is 2. The number of sulfonamides is 1. The fraction of sp³-hybridized carbons (Fsp3) is 0.438. The van der Waals surface area contributed by atoms with Gasteiger partial charge in [0.2, 0.25) is 15.9 Å². The first-order chi connectivity index (χ1) is 12.8. The molecule has 146 valence electrons. The average Bonchev–Trinajstić information content (AvgIpc) is 3.00. The highest BCUT2D eigenvalue weighted by atomic mass is 35.5. The van der Waals surface area contributed by atoms with Crippen LogP contribution in [-0.2, 0) is 14.8 Å². The van der Waals surface area contributed by atoms with Crippen molar-refractivity contribution in [2.75, 3.05) is 31.9 Å². The third-order valence-electron chi connectivity index (χ3n) is 4.21. The molecule has 0 aliphatic carbocycles. The highest BCUT2D eigenvalue weighted by molar-refractivity contribution is 8.00. The van der Waals surface area contributed by atoms with Crippen molar-refractivity contribution in [1.82, 2.24) is 19.3 Å². The Balaban J connectivity index is 1.58. The Kier molecular flexibility index (Phi) is 6.09. The van der Waals surface area contributed by atoms with Crippen molar-refractivity contribution in [3.8, 4) is 0 Å². The minimum atomic E-state index is -3.68. The molecular formula is C16H19ClN4O4S2. The highest BCUT2D eigenvalue weighted by Gasteiger charge is 2.34. The molecule has 0 atom stereocenters. The molecule has 1 amide bonds. The van der Waals surface area contributed by atoms with Gasteiger partial charge in [-0.25, -0.2) is 13.4 Å². The number of amides is 1. The van der Waals surface area contributed by atoms with Crippen LogP contribution in [0.3, 0.4) is 0 Å². The molecule has 3 heterocycles. The van der Waals surface area contributed by atoms with Gasteiger partial charge in [-0.05, 0) is 26.0 Å². The molecule has 0 N–H and O–H groups in total. The second-order valence-corrected chi connectivity index (χ2v) is 9.26. The number of hydrogen-bond donors (Lipinski definition) is 0. The van der Waals surface area contributed by atoms with Crippen molar-refractivity contribution in [2.24, 2.45) is 0 Å². The smallest absolute Gasteiger partial charge is 0.248 e. The van der Waals surface area contributed by atoms with Crippen LogP contribution in [0.2, 0.25) is 5.02 Å². The van der Waals surface area contributed by atoms with Crippen molar-refractivity contribution in [1.29, 1.82) is 0 Å². The van der Waals surface area contributed by atoms with Gasteiger partial charge in [-0.2, -0.15) is 4.31 Å². The Morgan fingerprint density at radius 1 is 1.30 bits per heavy atom. The fourth-order valence-corrected chi connectivity index (χ4v) is 5.63. The first kappa shape index (κ1) is 20.1. The van der Waals surface area contributed by atoms with E-state index in [1.165, 1.54) is 16.1 Å². The van der Waals surface area contributed by atoms with Gasteiger partial charge in [0, 0.05) is 32.4 Å². The van der Waals surface area contributed by atoms with Crippen molar-refractivity contribution in [2.45, 2.75) is 23.8 Å². The molecule has 3 rings (SSSR count). The summed E-state index contributed by atoms with van der Waals surface area (Å²) in [5.41, 5.74) is 0.342. The molecule has 0 saturated carbocycles. The van der Waals surface area contributed by atoms with E-state index in [2.05, 4.69) is 10.1 Å². The number of halogens is 1. The lowest BCUT2D eigenvalue weighted by Gasteiger charge is -2.33. The quantitative estimate of drug-likeness (QED) is 0.669. The van der Waals surface area contributed by atoms with Crippen LogP contribution in [0.4, 0.5) is 0 Å². The van der Waals surface area contributed by atoms with Crippen LogP contribution in [0.5, 0.6) is 0 Å². The number of nitrogens with zero attached hydrogens (tertiary/aromatic N) is 4. The lowest BCUT2D eigenvalue weighted by Crippen LogP contribution is -2.51. The molecule has 2 aromatic rings. The van der Waals surface area contributed by atoms with Crippen LogP contribution >= 0.6 is 23.4 Å². The number of pyridine rings is 1. The maximum absolute atomic E-state index is 12.8. The molecule has 11 heteroatoms. The summed E-state index contributed by atoms with van der Waals surface area (Å²) in [6, 6.07) is 3.45. The molecule has 2 aromatic heterocycles. The summed E-state index contributed by atoms with van der Waals surface area (Å²) >= 11 is 7.31. The normalized spacial score (nSPS) is 15.9. The maximum Gasteiger partial charge on any atom is 0.248 e. The number of carbonyl (C=O) groups excluding carboxylic acids is 1. The Labute approximate surface area is 166 Å². The highest BCUT2D eigenvalue weighted by Crippen LogP contribution is 2.26. The number of carbonyl (C=O) groups is 1. The molecule has 1 aliphatic heterocycles. The zero-order valence-electron chi connectivity index (χ0n) is 14.9. The van der Waals surface area contributed by atoms with Gasteiger partial charge in [0.1, 0.15) is 15.6 Å². The van der Waals surface area contributed by atoms with Gasteiger partial charge in [-0.1, -0.05) is 28.5 Å². The average molecular weight is 431 g/mol. The first-order valence-corrected chi connectivity index (χ1v) is 11.0. The third kappa shape index (κ3) is 4.29. The number of piperazine rings is 1. The Bertz CT molecular complexity index is 920. The minimum absolute atomic E-state index is 0.0730. The van der Waals surface area contributed by atoms with E-state index in [9.17, 15) is 13.2 Å². The van der Waals surface area contributed by atoms with Crippen LogP contribution in [-0.4, -0.2) is 65.6 Å². The molecule has 0 spiro atoms. The number of rotatable bonds is 5. The zero-order valence-corrected chi connectivity index (χ0v) is 17.3. The summed E-state index contributed by atoms with van der Waals surface area (Å²) in [5, 5.41) is 4.82. The predicted octanol–water partition coefficient (Wildman–Crippen LogP) is 1.97. The summed E-state index contributed by atoms with van der Waals surface area (Å²) in [4.78, 5) is 18.3. The molecule has 0 aromatic carbocycles. The Morgan fingerprint density at radius 3 is 2.59 bits per heavy atom. The second-order valence-electron chi connectivity index (χ2n) is 6.02. The molecule has 1 fully saturated rings. The van der Waals surface area contributed by atoms with E-state index in [0.717, 1.165) is 0 Å². The van der Waals surface area contributed by atoms with E-state index in [1.54, 1.807) is 37.1 Å². The molecule has 27 heavy (non-hydrogen) atoms. The summed E-state index contributed by atoms with van der Waals surface area (Å²) < 4.78 is 32.0. The van der Waals surface area contributed by atoms with Gasteiger partial charge in [-0.3, -0.25) is 4.79 Å². The van der Waals surface area contributed by atoms with E-state index in [-0.39, 0.29) is 35.4 Å². The van der Waals surface area contributed by atoms with Crippen molar-refractivity contribution >= 4 is 39.3 Å². The fourth-order valence-electron chi connectivity index (χ4n) is 2.85. The monoisotopic (exact) mass is 430 g/mol. The molecule has 0 unspecified atom stereocenters. The van der Waals surface area contributed by atoms with E-state index in [0.29, 0.717) is 28.8 Å². The van der Waals surface area contributed by atoms with Crippen molar-refractivity contribution in [3.05, 3.63) is 34.8 Å². The summed E-state index contributed by atoms with van der Waals surface area (Å²) in [6.45, 7) is 4.30. The number of aryl methyl sites for hydroxylation is 2. The number of hydrogen-bond acceptors (Lipinski definition) is 7. The van der Waals surface area contributed by atoms with Gasteiger partial charge >= 0.3 is 0 Å². The van der Waals surface area contributed by atoms with Crippen LogP contribution < -0.4 is 0 Å². The van der Waals surface area contributed by atoms with E-state index >= 15 is 0 Å². The van der Waals surface area contributed by atoms with E-state index < -0.39 is 10.0 Å². The summed E-state index contributed by atoms with van der Waals surface area (Å²) in [6.07, 6.45) is 1.62. The van der Waals surface area contributed by atoms with Crippen LogP contribution in [0.25, 0.3) is 0 Å². The Morgan fingerprint density at radius 2 is 2.00 bits per heavy atom.